The Morgan fingerprint density at radius 1 is 1.24 bits per heavy atom. The molecule has 5 nitrogen and oxygen atoms in total. The van der Waals surface area contributed by atoms with Crippen molar-refractivity contribution in [3.63, 3.8) is 0 Å². The normalized spacial score (nSPS) is 30.8. The second-order valence-corrected chi connectivity index (χ2v) is 9.47. The van der Waals surface area contributed by atoms with E-state index in [1.807, 2.05) is 12.1 Å². The maximum Gasteiger partial charge on any atom is 0.333 e. The van der Waals surface area contributed by atoms with Gasteiger partial charge in [-0.25, -0.2) is 4.79 Å². The van der Waals surface area contributed by atoms with Gasteiger partial charge in [0.1, 0.15) is 6.10 Å². The van der Waals surface area contributed by atoms with Crippen molar-refractivity contribution in [2.45, 2.75) is 72.3 Å². The highest BCUT2D eigenvalue weighted by Gasteiger charge is 2.58. The summed E-state index contributed by atoms with van der Waals surface area (Å²) in [4.78, 5) is 25.0. The highest BCUT2D eigenvalue weighted by Crippen LogP contribution is 2.61. The quantitative estimate of drug-likeness (QED) is 0.620. The Morgan fingerprint density at radius 3 is 2.62 bits per heavy atom. The molecule has 1 aromatic rings. The van der Waals surface area contributed by atoms with Crippen molar-refractivity contribution in [1.82, 2.24) is 0 Å². The zero-order valence-corrected chi connectivity index (χ0v) is 18.3. The molecule has 1 aromatic heterocycles. The van der Waals surface area contributed by atoms with E-state index in [-0.39, 0.29) is 34.6 Å². The number of rotatable bonds is 6. The van der Waals surface area contributed by atoms with Crippen LogP contribution in [0.2, 0.25) is 0 Å². The fourth-order valence-corrected chi connectivity index (χ4v) is 5.98. The third-order valence-electron chi connectivity index (χ3n) is 7.21. The Hall–Kier alpha value is -2.04. The van der Waals surface area contributed by atoms with Crippen LogP contribution >= 0.6 is 0 Å². The third-order valence-corrected chi connectivity index (χ3v) is 7.21. The zero-order chi connectivity index (χ0) is 21.2. The van der Waals surface area contributed by atoms with E-state index in [1.165, 1.54) is 7.11 Å². The van der Waals surface area contributed by atoms with Gasteiger partial charge in [0, 0.05) is 17.9 Å². The van der Waals surface area contributed by atoms with Crippen molar-refractivity contribution in [1.29, 1.82) is 0 Å². The number of ether oxygens (including phenoxy) is 2. The molecular formula is C24H34O5. The van der Waals surface area contributed by atoms with Crippen LogP contribution in [0.3, 0.4) is 0 Å². The lowest BCUT2D eigenvalue weighted by Gasteiger charge is -2.58. The van der Waals surface area contributed by atoms with Gasteiger partial charge in [-0.3, -0.25) is 4.79 Å². The predicted octanol–water partition coefficient (Wildman–Crippen LogP) is 5.10. The fraction of sp³-hybridized carbons (Fsp3) is 0.667. The first-order valence-corrected chi connectivity index (χ1v) is 10.7. The van der Waals surface area contributed by atoms with E-state index in [1.54, 1.807) is 19.5 Å². The maximum atomic E-state index is 12.8. The molecule has 4 atom stereocenters. The molecule has 3 rings (SSSR count). The lowest BCUT2D eigenvalue weighted by Crippen LogP contribution is -2.56. The maximum absolute atomic E-state index is 12.8. The Morgan fingerprint density at radius 2 is 2.00 bits per heavy atom. The van der Waals surface area contributed by atoms with Crippen molar-refractivity contribution >= 4 is 11.9 Å². The summed E-state index contributed by atoms with van der Waals surface area (Å²) >= 11 is 0. The van der Waals surface area contributed by atoms with Crippen LogP contribution in [0.25, 0.3) is 0 Å². The molecule has 160 valence electrons. The first-order valence-electron chi connectivity index (χ1n) is 10.7. The van der Waals surface area contributed by atoms with Crippen LogP contribution in [-0.2, 0) is 25.5 Å². The molecule has 1 saturated carbocycles. The first-order chi connectivity index (χ1) is 13.7. The number of carbonyl (C=O) groups excluding carboxylic acids is 2. The van der Waals surface area contributed by atoms with E-state index in [2.05, 4.69) is 20.8 Å². The zero-order valence-electron chi connectivity index (χ0n) is 18.3. The van der Waals surface area contributed by atoms with Gasteiger partial charge in [-0.05, 0) is 60.1 Å². The number of fused-ring (bicyclic) bond motifs is 1. The van der Waals surface area contributed by atoms with Crippen molar-refractivity contribution in [2.75, 3.05) is 7.11 Å². The molecule has 0 aromatic carbocycles. The second-order valence-electron chi connectivity index (χ2n) is 9.47. The molecule has 1 heterocycles. The van der Waals surface area contributed by atoms with Crippen molar-refractivity contribution in [3.8, 4) is 0 Å². The molecule has 0 unspecified atom stereocenters. The SMILES string of the molecule is CCC(=O)O[C@@H]1C=C(C(=O)OC)[C@H](CCc2ccoc2)[C@@]2(C)CCCC(C)(C)[C@H]12. The highest BCUT2D eigenvalue weighted by molar-refractivity contribution is 5.89. The van der Waals surface area contributed by atoms with E-state index < -0.39 is 6.10 Å². The predicted molar refractivity (Wildman–Crippen MR) is 110 cm³/mol. The molecule has 2 aliphatic rings. The lowest BCUT2D eigenvalue weighted by atomic mass is 9.47. The van der Waals surface area contributed by atoms with Crippen LogP contribution in [0.1, 0.15) is 65.4 Å². The summed E-state index contributed by atoms with van der Waals surface area (Å²) in [6, 6.07) is 1.97. The smallest absolute Gasteiger partial charge is 0.333 e. The summed E-state index contributed by atoms with van der Waals surface area (Å²) in [6.45, 7) is 8.62. The molecular weight excluding hydrogens is 368 g/mol. The Kier molecular flexibility index (Phi) is 6.25. The van der Waals surface area contributed by atoms with E-state index in [0.717, 1.165) is 37.7 Å². The van der Waals surface area contributed by atoms with Crippen molar-refractivity contribution in [2.24, 2.45) is 22.7 Å². The first kappa shape index (κ1) is 21.7. The van der Waals surface area contributed by atoms with Gasteiger partial charge in [-0.2, -0.15) is 0 Å². The molecule has 0 bridgehead atoms. The van der Waals surface area contributed by atoms with Crippen LogP contribution < -0.4 is 0 Å². The number of hydrogen-bond donors (Lipinski definition) is 0. The number of aryl methyl sites for hydroxylation is 1. The van der Waals surface area contributed by atoms with Crippen LogP contribution in [0.4, 0.5) is 0 Å². The molecule has 0 aliphatic heterocycles. The average Bonchev–Trinajstić information content (AvgIpc) is 3.18. The Labute approximate surface area is 173 Å². The van der Waals surface area contributed by atoms with Crippen molar-refractivity contribution < 1.29 is 23.5 Å². The minimum absolute atomic E-state index is 0.0116. The topological polar surface area (TPSA) is 65.7 Å². The monoisotopic (exact) mass is 402 g/mol. The molecule has 29 heavy (non-hydrogen) atoms. The van der Waals surface area contributed by atoms with Crippen LogP contribution in [-0.4, -0.2) is 25.2 Å². The average molecular weight is 403 g/mol. The van der Waals surface area contributed by atoms with Crippen molar-refractivity contribution in [3.05, 3.63) is 35.8 Å². The van der Waals surface area contributed by atoms with Crippen LogP contribution in [0.15, 0.2) is 34.7 Å². The van der Waals surface area contributed by atoms with E-state index in [0.29, 0.717) is 12.0 Å². The molecule has 0 amide bonds. The molecule has 0 radical (unpaired) electrons. The van der Waals surface area contributed by atoms with E-state index in [4.69, 9.17) is 13.9 Å². The number of hydrogen-bond acceptors (Lipinski definition) is 5. The molecule has 2 aliphatic carbocycles. The standard InChI is InChI=1S/C24H34O5/c1-6-20(25)29-19-14-17(22(26)27-5)18(9-8-16-10-13-28-15-16)24(4)12-7-11-23(2,3)21(19)24/h10,13-15,18-19,21H,6-9,11-12H2,1-5H3/t18-,19+,21-,24+/m0/s1. The molecule has 0 N–H and O–H groups in total. The summed E-state index contributed by atoms with van der Waals surface area (Å²) in [7, 11) is 1.42. The minimum atomic E-state index is -0.401. The number of esters is 2. The van der Waals surface area contributed by atoms with Crippen LogP contribution in [0.5, 0.6) is 0 Å². The third kappa shape index (κ3) is 4.15. The number of methoxy groups -OCH3 is 1. The Bertz CT molecular complexity index is 760. The lowest BCUT2D eigenvalue weighted by molar-refractivity contribution is -0.165. The molecule has 0 spiro atoms. The molecule has 5 heteroatoms. The van der Waals surface area contributed by atoms with Gasteiger partial charge in [0.25, 0.3) is 0 Å². The summed E-state index contributed by atoms with van der Waals surface area (Å²) in [5.41, 5.74) is 1.64. The largest absolute Gasteiger partial charge is 0.472 e. The number of furan rings is 1. The van der Waals surface area contributed by atoms with Gasteiger partial charge in [-0.1, -0.05) is 34.1 Å². The summed E-state index contributed by atoms with van der Waals surface area (Å²) in [6.07, 6.45) is 10.1. The van der Waals surface area contributed by atoms with Gasteiger partial charge >= 0.3 is 11.9 Å². The second kappa shape index (κ2) is 8.37. The van der Waals surface area contributed by atoms with Gasteiger partial charge in [0.05, 0.1) is 19.6 Å². The highest BCUT2D eigenvalue weighted by atomic mass is 16.5. The fourth-order valence-electron chi connectivity index (χ4n) is 5.98. The summed E-state index contributed by atoms with van der Waals surface area (Å²) < 4.78 is 16.3. The van der Waals surface area contributed by atoms with Gasteiger partial charge in [0.2, 0.25) is 0 Å². The number of carbonyl (C=O) groups is 2. The van der Waals surface area contributed by atoms with Gasteiger partial charge in [0.15, 0.2) is 0 Å². The van der Waals surface area contributed by atoms with Gasteiger partial charge in [-0.15, -0.1) is 0 Å². The van der Waals surface area contributed by atoms with Crippen LogP contribution in [0, 0.1) is 22.7 Å². The van der Waals surface area contributed by atoms with E-state index >= 15 is 0 Å². The van der Waals surface area contributed by atoms with E-state index in [9.17, 15) is 9.59 Å². The molecule has 0 saturated heterocycles. The summed E-state index contributed by atoms with van der Waals surface area (Å²) in [5, 5.41) is 0. The molecule has 1 fully saturated rings. The summed E-state index contributed by atoms with van der Waals surface area (Å²) in [5.74, 6) is -0.341. The minimum Gasteiger partial charge on any atom is -0.472 e. The van der Waals surface area contributed by atoms with Gasteiger partial charge < -0.3 is 13.9 Å². The Balaban J connectivity index is 2.04.